The number of amides is 1. The van der Waals surface area contributed by atoms with Crippen molar-refractivity contribution < 1.29 is 4.79 Å². The summed E-state index contributed by atoms with van der Waals surface area (Å²) < 4.78 is 2.08. The summed E-state index contributed by atoms with van der Waals surface area (Å²) in [6.07, 6.45) is 10.2. The van der Waals surface area contributed by atoms with Gasteiger partial charge in [0.15, 0.2) is 0 Å². The normalized spacial score (nSPS) is 18.6. The molecule has 7 nitrogen and oxygen atoms in total. The lowest BCUT2D eigenvalue weighted by Gasteiger charge is -2.28. The van der Waals surface area contributed by atoms with Crippen LogP contribution in [0, 0.1) is 11.8 Å². The Morgan fingerprint density at radius 2 is 1.78 bits per heavy atom. The third-order valence-corrected chi connectivity index (χ3v) is 7.17. The van der Waals surface area contributed by atoms with E-state index >= 15 is 0 Å². The maximum absolute atomic E-state index is 13.3. The fraction of sp³-hybridized carbons (Fsp3) is 0.345. The molecule has 0 radical (unpaired) electrons. The van der Waals surface area contributed by atoms with E-state index in [2.05, 4.69) is 38.2 Å². The summed E-state index contributed by atoms with van der Waals surface area (Å²) in [5.41, 5.74) is 9.89. The number of carbonyl (C=O) groups excluding carboxylic acids is 1. The smallest absolute Gasteiger partial charge is 0.223 e. The number of benzene rings is 2. The van der Waals surface area contributed by atoms with Gasteiger partial charge in [-0.2, -0.15) is 0 Å². The van der Waals surface area contributed by atoms with Crippen molar-refractivity contribution in [2.24, 2.45) is 17.6 Å². The van der Waals surface area contributed by atoms with E-state index in [-0.39, 0.29) is 17.9 Å². The second kappa shape index (κ2) is 11.4. The van der Waals surface area contributed by atoms with Gasteiger partial charge in [-0.3, -0.25) is 4.79 Å². The summed E-state index contributed by atoms with van der Waals surface area (Å²) in [7, 11) is 0. The summed E-state index contributed by atoms with van der Waals surface area (Å²) in [5.74, 6) is 1.40. The molecular weight excluding hydrogens is 448 g/mol. The first-order chi connectivity index (χ1) is 17.7. The molecule has 5 rings (SSSR count). The number of imidazole rings is 2. The average molecular weight is 483 g/mol. The van der Waals surface area contributed by atoms with Crippen LogP contribution in [0.1, 0.15) is 48.8 Å². The molecule has 1 saturated carbocycles. The highest BCUT2D eigenvalue weighted by atomic mass is 16.2. The molecule has 186 valence electrons. The number of nitrogens with two attached hydrogens (primary N) is 1. The number of H-pyrrole nitrogens is 1. The minimum atomic E-state index is -0.290. The van der Waals surface area contributed by atoms with Crippen molar-refractivity contribution in [2.75, 3.05) is 6.54 Å². The number of nitrogens with one attached hydrogen (secondary N) is 2. The predicted octanol–water partition coefficient (Wildman–Crippen LogP) is 4.49. The molecule has 4 aromatic rings. The number of aromatic nitrogens is 4. The van der Waals surface area contributed by atoms with Gasteiger partial charge in [-0.25, -0.2) is 9.97 Å². The van der Waals surface area contributed by atoms with Crippen LogP contribution >= 0.6 is 0 Å². The van der Waals surface area contributed by atoms with Crippen LogP contribution in [0.25, 0.3) is 11.3 Å². The minimum Gasteiger partial charge on any atom is -0.346 e. The lowest BCUT2D eigenvalue weighted by Crippen LogP contribution is -2.37. The van der Waals surface area contributed by atoms with Gasteiger partial charge in [0.1, 0.15) is 5.82 Å². The fourth-order valence-corrected chi connectivity index (χ4v) is 5.04. The lowest BCUT2D eigenvalue weighted by atomic mass is 9.81. The number of hydrogen-bond donors (Lipinski definition) is 3. The number of nitrogens with zero attached hydrogens (tertiary/aromatic N) is 3. The van der Waals surface area contributed by atoms with Gasteiger partial charge in [-0.15, -0.1) is 0 Å². The molecule has 1 unspecified atom stereocenters. The van der Waals surface area contributed by atoms with Gasteiger partial charge in [-0.1, -0.05) is 60.7 Å². The summed E-state index contributed by atoms with van der Waals surface area (Å²) in [6, 6.07) is 20.1. The second-order valence-electron chi connectivity index (χ2n) is 9.78. The topological polar surface area (TPSA) is 102 Å². The zero-order chi connectivity index (χ0) is 24.7. The van der Waals surface area contributed by atoms with Crippen molar-refractivity contribution in [3.63, 3.8) is 0 Å². The second-order valence-corrected chi connectivity index (χ2v) is 9.78. The van der Waals surface area contributed by atoms with Crippen molar-refractivity contribution in [3.05, 3.63) is 96.5 Å². The molecule has 2 heterocycles. The molecule has 0 bridgehead atoms. The third kappa shape index (κ3) is 5.91. The van der Waals surface area contributed by atoms with E-state index in [1.807, 2.05) is 61.1 Å². The first kappa shape index (κ1) is 24.0. The van der Waals surface area contributed by atoms with Crippen LogP contribution in [0.2, 0.25) is 0 Å². The van der Waals surface area contributed by atoms with Crippen molar-refractivity contribution >= 4 is 5.91 Å². The highest BCUT2D eigenvalue weighted by molar-refractivity contribution is 5.79. The largest absolute Gasteiger partial charge is 0.346 e. The first-order valence-electron chi connectivity index (χ1n) is 12.8. The number of rotatable bonds is 9. The molecule has 0 saturated heterocycles. The highest BCUT2D eigenvalue weighted by Crippen LogP contribution is 2.29. The molecule has 1 amide bonds. The Labute approximate surface area is 212 Å². The van der Waals surface area contributed by atoms with Gasteiger partial charge in [0.25, 0.3) is 0 Å². The zero-order valence-corrected chi connectivity index (χ0v) is 20.5. The number of carbonyl (C=O) groups is 1. The summed E-state index contributed by atoms with van der Waals surface area (Å²) in [6.45, 7) is 1.46. The molecule has 2 aromatic carbocycles. The molecular formula is C29H34N6O. The van der Waals surface area contributed by atoms with E-state index in [0.717, 1.165) is 55.0 Å². The van der Waals surface area contributed by atoms with Crippen molar-refractivity contribution in [2.45, 2.75) is 44.7 Å². The van der Waals surface area contributed by atoms with E-state index in [1.165, 1.54) is 5.56 Å². The predicted molar refractivity (Wildman–Crippen MR) is 141 cm³/mol. The van der Waals surface area contributed by atoms with Gasteiger partial charge in [0.2, 0.25) is 5.91 Å². The molecule has 0 spiro atoms. The van der Waals surface area contributed by atoms with Crippen LogP contribution in [0.3, 0.4) is 0 Å². The van der Waals surface area contributed by atoms with Crippen molar-refractivity contribution in [1.82, 2.24) is 24.8 Å². The third-order valence-electron chi connectivity index (χ3n) is 7.17. The van der Waals surface area contributed by atoms with Gasteiger partial charge in [0.05, 0.1) is 23.8 Å². The van der Waals surface area contributed by atoms with Crippen LogP contribution in [0.5, 0.6) is 0 Å². The Balaban J connectivity index is 1.33. The molecule has 1 aliphatic carbocycles. The Morgan fingerprint density at radius 3 is 2.50 bits per heavy atom. The highest BCUT2D eigenvalue weighted by Gasteiger charge is 2.28. The fourth-order valence-electron chi connectivity index (χ4n) is 5.04. The monoisotopic (exact) mass is 482 g/mol. The Bertz CT molecular complexity index is 1240. The SMILES string of the molecule is NC[C@H]1CC[C@H](C(=O)NC(Cc2cn(Cc3ccccc3)cn2)c2nc(-c3ccccc3)c[nH]2)CC1. The molecule has 4 N–H and O–H groups in total. The van der Waals surface area contributed by atoms with Gasteiger partial charge in [0, 0.05) is 36.8 Å². The molecule has 7 heteroatoms. The molecule has 1 atom stereocenters. The van der Waals surface area contributed by atoms with Gasteiger partial charge < -0.3 is 20.6 Å². The summed E-state index contributed by atoms with van der Waals surface area (Å²) in [5, 5.41) is 3.29. The lowest BCUT2D eigenvalue weighted by molar-refractivity contribution is -0.127. The summed E-state index contributed by atoms with van der Waals surface area (Å²) >= 11 is 0. The maximum Gasteiger partial charge on any atom is 0.223 e. The average Bonchev–Trinajstić information content (AvgIpc) is 3.59. The van der Waals surface area contributed by atoms with E-state index in [4.69, 9.17) is 10.7 Å². The van der Waals surface area contributed by atoms with E-state index in [9.17, 15) is 4.79 Å². The van der Waals surface area contributed by atoms with Crippen LogP contribution < -0.4 is 11.1 Å². The first-order valence-corrected chi connectivity index (χ1v) is 12.8. The molecule has 2 aromatic heterocycles. The molecule has 1 aliphatic rings. The number of aromatic amines is 1. The molecule has 36 heavy (non-hydrogen) atoms. The van der Waals surface area contributed by atoms with Gasteiger partial charge >= 0.3 is 0 Å². The molecule has 0 aliphatic heterocycles. The quantitative estimate of drug-likeness (QED) is 0.327. The van der Waals surface area contributed by atoms with Crippen molar-refractivity contribution in [3.8, 4) is 11.3 Å². The van der Waals surface area contributed by atoms with Crippen LogP contribution in [-0.4, -0.2) is 32.0 Å². The Morgan fingerprint density at radius 1 is 1.06 bits per heavy atom. The maximum atomic E-state index is 13.3. The van der Waals surface area contributed by atoms with E-state index < -0.39 is 0 Å². The number of hydrogen-bond acceptors (Lipinski definition) is 4. The Kier molecular flexibility index (Phi) is 7.57. The van der Waals surface area contributed by atoms with E-state index in [1.54, 1.807) is 0 Å². The van der Waals surface area contributed by atoms with Crippen LogP contribution in [-0.2, 0) is 17.8 Å². The van der Waals surface area contributed by atoms with E-state index in [0.29, 0.717) is 18.9 Å². The van der Waals surface area contributed by atoms with Crippen LogP contribution in [0.15, 0.2) is 79.4 Å². The summed E-state index contributed by atoms with van der Waals surface area (Å²) in [4.78, 5) is 26.1. The van der Waals surface area contributed by atoms with Gasteiger partial charge in [-0.05, 0) is 43.7 Å². The molecule has 1 fully saturated rings. The standard InChI is InChI=1S/C29H34N6O/c30-16-21-11-13-24(14-12-21)29(36)34-26(28-31-17-27(33-28)23-9-5-2-6-10-23)15-25-19-35(20-32-25)18-22-7-3-1-4-8-22/h1-10,17,19-21,24,26H,11-16,18,30H2,(H,31,33)(H,34,36)/t21-,24-,26?. The zero-order valence-electron chi connectivity index (χ0n) is 20.5. The van der Waals surface area contributed by atoms with Crippen LogP contribution in [0.4, 0.5) is 0 Å². The minimum absolute atomic E-state index is 0.0227. The van der Waals surface area contributed by atoms with Crippen molar-refractivity contribution in [1.29, 1.82) is 0 Å². The Hall–Kier alpha value is -3.71.